The number of amides is 1. The van der Waals surface area contributed by atoms with E-state index in [1.807, 2.05) is 18.2 Å². The minimum atomic E-state index is -0.814. The first kappa shape index (κ1) is 16.6. The number of carbonyl (C=O) groups excluding carboxylic acids is 1. The Hall–Kier alpha value is -1.78. The number of nitrogens with zero attached hydrogens (tertiary/aromatic N) is 1. The largest absolute Gasteiger partial charge is 0.443 e. The molecule has 0 bridgehead atoms. The van der Waals surface area contributed by atoms with Gasteiger partial charge in [0.2, 0.25) is 0 Å². The number of nitrogens with two attached hydrogens (primary N) is 1. The average molecular weight is 339 g/mol. The number of ether oxygens (including phenoxy) is 1. The van der Waals surface area contributed by atoms with Gasteiger partial charge in [-0.2, -0.15) is 0 Å². The van der Waals surface area contributed by atoms with E-state index in [4.69, 9.17) is 33.7 Å². The van der Waals surface area contributed by atoms with Crippen molar-refractivity contribution in [3.8, 4) is 11.1 Å². The Morgan fingerprint density at radius 2 is 1.95 bits per heavy atom. The zero-order valence-electron chi connectivity index (χ0n) is 12.3. The van der Waals surface area contributed by atoms with Gasteiger partial charge in [-0.15, -0.1) is 0 Å². The van der Waals surface area contributed by atoms with E-state index in [1.54, 1.807) is 32.2 Å². The number of rotatable bonds is 4. The molecule has 1 aromatic carbocycles. The second-order valence-electron chi connectivity index (χ2n) is 5.50. The highest BCUT2D eigenvalue weighted by Gasteiger charge is 2.24. The molecule has 0 aliphatic rings. The molecule has 0 radical (unpaired) electrons. The van der Waals surface area contributed by atoms with Gasteiger partial charge in [0.1, 0.15) is 10.8 Å². The minimum Gasteiger partial charge on any atom is -0.443 e. The topological polar surface area (TPSA) is 65.2 Å². The third-order valence-electron chi connectivity index (χ3n) is 3.11. The zero-order chi connectivity index (χ0) is 16.3. The summed E-state index contributed by atoms with van der Waals surface area (Å²) in [7, 11) is 0. The van der Waals surface area contributed by atoms with Gasteiger partial charge in [-0.25, -0.2) is 9.78 Å². The molecule has 22 heavy (non-hydrogen) atoms. The lowest BCUT2D eigenvalue weighted by molar-refractivity contribution is 0.0460. The highest BCUT2D eigenvalue weighted by Crippen LogP contribution is 2.33. The summed E-state index contributed by atoms with van der Waals surface area (Å²) in [6.45, 7) is 3.56. The summed E-state index contributed by atoms with van der Waals surface area (Å²) in [6, 6.07) is 9.21. The van der Waals surface area contributed by atoms with Crippen LogP contribution in [0.5, 0.6) is 0 Å². The van der Waals surface area contributed by atoms with Crippen molar-refractivity contribution in [3.63, 3.8) is 0 Å². The predicted octanol–water partition coefficient (Wildman–Crippen LogP) is 4.47. The molecule has 0 fully saturated rings. The number of primary amides is 1. The van der Waals surface area contributed by atoms with Crippen molar-refractivity contribution >= 4 is 29.3 Å². The molecule has 2 rings (SSSR count). The Bertz CT molecular complexity index is 702. The van der Waals surface area contributed by atoms with Crippen LogP contribution in [0.15, 0.2) is 36.5 Å². The molecule has 1 heterocycles. The molecule has 2 N–H and O–H groups in total. The molecule has 0 aliphatic heterocycles. The monoisotopic (exact) mass is 338 g/mol. The number of aromatic nitrogens is 1. The fourth-order valence-electron chi connectivity index (χ4n) is 2.30. The second kappa shape index (κ2) is 6.55. The van der Waals surface area contributed by atoms with Gasteiger partial charge in [0, 0.05) is 23.2 Å². The number of halogens is 2. The Labute approximate surface area is 139 Å². The predicted molar refractivity (Wildman–Crippen MR) is 88.1 cm³/mol. The van der Waals surface area contributed by atoms with Gasteiger partial charge < -0.3 is 10.5 Å². The highest BCUT2D eigenvalue weighted by atomic mass is 35.5. The van der Waals surface area contributed by atoms with Crippen LogP contribution in [0.4, 0.5) is 4.79 Å². The van der Waals surface area contributed by atoms with E-state index in [-0.39, 0.29) is 0 Å². The van der Waals surface area contributed by atoms with Gasteiger partial charge in [-0.1, -0.05) is 41.4 Å². The van der Waals surface area contributed by atoms with Gasteiger partial charge >= 0.3 is 6.09 Å². The molecular formula is C16H16Cl2N2O2. The first-order valence-electron chi connectivity index (χ1n) is 6.66. The number of hydrogen-bond acceptors (Lipinski definition) is 3. The van der Waals surface area contributed by atoms with Crippen molar-refractivity contribution in [3.05, 3.63) is 52.3 Å². The van der Waals surface area contributed by atoms with Crippen molar-refractivity contribution in [1.82, 2.24) is 4.98 Å². The SMILES string of the molecule is CC(C)(Cc1cnc(Cl)cc1-c1ccccc1Cl)OC(N)=O. The van der Waals surface area contributed by atoms with Gasteiger partial charge in [0.15, 0.2) is 0 Å². The normalized spacial score (nSPS) is 11.3. The summed E-state index contributed by atoms with van der Waals surface area (Å²) < 4.78 is 5.14. The molecular weight excluding hydrogens is 323 g/mol. The molecule has 0 saturated heterocycles. The molecule has 2 aromatic rings. The van der Waals surface area contributed by atoms with Crippen LogP contribution >= 0.6 is 23.2 Å². The summed E-state index contributed by atoms with van der Waals surface area (Å²) >= 11 is 12.3. The molecule has 1 amide bonds. The van der Waals surface area contributed by atoms with Crippen molar-refractivity contribution in [2.75, 3.05) is 0 Å². The number of hydrogen-bond donors (Lipinski definition) is 1. The standard InChI is InChI=1S/C16H16Cl2N2O2/c1-16(2,22-15(19)21)8-10-9-20-14(18)7-12(10)11-5-3-4-6-13(11)17/h3-7,9H,8H2,1-2H3,(H2,19,21). The van der Waals surface area contributed by atoms with Crippen LogP contribution in [0.25, 0.3) is 11.1 Å². The summed E-state index contributed by atoms with van der Waals surface area (Å²) in [5.41, 5.74) is 6.91. The molecule has 4 nitrogen and oxygen atoms in total. The molecule has 6 heteroatoms. The molecule has 1 aromatic heterocycles. The fraction of sp³-hybridized carbons (Fsp3) is 0.250. The van der Waals surface area contributed by atoms with Crippen LogP contribution in [-0.4, -0.2) is 16.7 Å². The maximum Gasteiger partial charge on any atom is 0.405 e. The lowest BCUT2D eigenvalue weighted by atomic mass is 9.93. The van der Waals surface area contributed by atoms with Crippen LogP contribution in [0.2, 0.25) is 10.2 Å². The Kier molecular flexibility index (Phi) is 4.94. The Morgan fingerprint density at radius 1 is 1.27 bits per heavy atom. The van der Waals surface area contributed by atoms with E-state index in [0.29, 0.717) is 16.6 Å². The van der Waals surface area contributed by atoms with E-state index < -0.39 is 11.7 Å². The lowest BCUT2D eigenvalue weighted by Gasteiger charge is -2.25. The smallest absolute Gasteiger partial charge is 0.405 e. The highest BCUT2D eigenvalue weighted by molar-refractivity contribution is 6.33. The van der Waals surface area contributed by atoms with E-state index in [2.05, 4.69) is 4.98 Å². The first-order valence-corrected chi connectivity index (χ1v) is 7.42. The number of pyridine rings is 1. The summed E-state index contributed by atoms with van der Waals surface area (Å²) in [6.07, 6.45) is 1.28. The van der Waals surface area contributed by atoms with Gasteiger partial charge in [-0.3, -0.25) is 0 Å². The van der Waals surface area contributed by atoms with E-state index >= 15 is 0 Å². The van der Waals surface area contributed by atoms with Crippen LogP contribution in [0.3, 0.4) is 0 Å². The summed E-state index contributed by atoms with van der Waals surface area (Å²) in [5, 5.41) is 0.979. The number of benzene rings is 1. The third kappa shape index (κ3) is 4.12. The average Bonchev–Trinajstić information content (AvgIpc) is 2.40. The minimum absolute atomic E-state index is 0.368. The fourth-order valence-corrected chi connectivity index (χ4v) is 2.69. The van der Waals surface area contributed by atoms with Crippen molar-refractivity contribution < 1.29 is 9.53 Å². The third-order valence-corrected chi connectivity index (χ3v) is 3.65. The van der Waals surface area contributed by atoms with E-state index in [0.717, 1.165) is 16.7 Å². The van der Waals surface area contributed by atoms with Crippen molar-refractivity contribution in [1.29, 1.82) is 0 Å². The van der Waals surface area contributed by atoms with E-state index in [9.17, 15) is 4.79 Å². The zero-order valence-corrected chi connectivity index (χ0v) is 13.8. The quantitative estimate of drug-likeness (QED) is 0.836. The molecule has 0 atom stereocenters. The Morgan fingerprint density at radius 3 is 2.59 bits per heavy atom. The van der Waals surface area contributed by atoms with Crippen molar-refractivity contribution in [2.45, 2.75) is 25.9 Å². The maximum absolute atomic E-state index is 11.0. The van der Waals surface area contributed by atoms with Crippen molar-refractivity contribution in [2.24, 2.45) is 5.73 Å². The first-order chi connectivity index (χ1) is 10.3. The Balaban J connectivity index is 2.45. The van der Waals surface area contributed by atoms with Crippen LogP contribution < -0.4 is 5.73 Å². The molecule has 0 unspecified atom stereocenters. The van der Waals surface area contributed by atoms with Crippen LogP contribution in [0.1, 0.15) is 19.4 Å². The van der Waals surface area contributed by atoms with Gasteiger partial charge in [-0.05, 0) is 37.1 Å². The van der Waals surface area contributed by atoms with E-state index in [1.165, 1.54) is 0 Å². The summed E-state index contributed by atoms with van der Waals surface area (Å²) in [5.74, 6) is 0. The molecule has 0 aliphatic carbocycles. The molecule has 0 saturated carbocycles. The van der Waals surface area contributed by atoms with Gasteiger partial charge in [0.25, 0.3) is 0 Å². The van der Waals surface area contributed by atoms with Crippen LogP contribution in [0, 0.1) is 0 Å². The molecule has 116 valence electrons. The number of carbonyl (C=O) groups is 1. The second-order valence-corrected chi connectivity index (χ2v) is 6.30. The van der Waals surface area contributed by atoms with Crippen LogP contribution in [-0.2, 0) is 11.2 Å². The maximum atomic E-state index is 11.0. The lowest BCUT2D eigenvalue weighted by Crippen LogP contribution is -2.33. The van der Waals surface area contributed by atoms with Gasteiger partial charge in [0.05, 0.1) is 0 Å². The molecule has 0 spiro atoms. The summed E-state index contributed by atoms with van der Waals surface area (Å²) in [4.78, 5) is 15.1.